The third-order valence-corrected chi connectivity index (χ3v) is 4.24. The molecule has 1 heterocycles. The highest BCUT2D eigenvalue weighted by atomic mass is 32.1. The molecular weight excluding hydrogens is 270 g/mol. The van der Waals surface area contributed by atoms with Crippen LogP contribution in [-0.4, -0.2) is 17.6 Å². The first-order valence-corrected chi connectivity index (χ1v) is 7.64. The number of carbonyl (C=O) groups excluding carboxylic acids is 1. The van der Waals surface area contributed by atoms with Gasteiger partial charge >= 0.3 is 0 Å². The van der Waals surface area contributed by atoms with Crippen molar-refractivity contribution in [3.8, 4) is 0 Å². The first kappa shape index (κ1) is 14.8. The van der Waals surface area contributed by atoms with Gasteiger partial charge in [-0.1, -0.05) is 43.3 Å². The molecule has 1 amide bonds. The summed E-state index contributed by atoms with van der Waals surface area (Å²) in [6.07, 6.45) is 0.109. The van der Waals surface area contributed by atoms with E-state index in [0.29, 0.717) is 0 Å². The average Bonchev–Trinajstić information content (AvgIpc) is 3.01. The first-order valence-electron chi connectivity index (χ1n) is 6.76. The Kier molecular flexibility index (Phi) is 5.32. The third-order valence-electron chi connectivity index (χ3n) is 3.27. The fourth-order valence-electron chi connectivity index (χ4n) is 2.16. The van der Waals surface area contributed by atoms with Crippen molar-refractivity contribution in [1.29, 1.82) is 0 Å². The molecule has 2 atom stereocenters. The van der Waals surface area contributed by atoms with Crippen molar-refractivity contribution >= 4 is 17.2 Å². The Hall–Kier alpha value is -1.65. The van der Waals surface area contributed by atoms with Gasteiger partial charge in [-0.2, -0.15) is 0 Å². The number of hydrogen-bond acceptors (Lipinski definition) is 3. The molecular formula is C16H19NO2S. The molecule has 0 aliphatic rings. The number of aliphatic hydroxyl groups excluding tert-OH is 1. The predicted molar refractivity (Wildman–Crippen MR) is 81.8 cm³/mol. The molecule has 0 aliphatic heterocycles. The topological polar surface area (TPSA) is 49.3 Å². The van der Waals surface area contributed by atoms with Crippen molar-refractivity contribution in [1.82, 2.24) is 5.32 Å². The van der Waals surface area contributed by atoms with Gasteiger partial charge in [-0.15, -0.1) is 11.3 Å². The molecule has 3 nitrogen and oxygen atoms in total. The van der Waals surface area contributed by atoms with Crippen molar-refractivity contribution in [2.75, 3.05) is 6.54 Å². The molecule has 0 unspecified atom stereocenters. The lowest BCUT2D eigenvalue weighted by atomic mass is 9.95. The lowest BCUT2D eigenvalue weighted by molar-refractivity contribution is -0.123. The van der Waals surface area contributed by atoms with Crippen LogP contribution in [0.1, 0.15) is 35.8 Å². The summed E-state index contributed by atoms with van der Waals surface area (Å²) in [4.78, 5) is 13.1. The van der Waals surface area contributed by atoms with Crippen molar-refractivity contribution in [3.05, 3.63) is 58.3 Å². The number of amides is 1. The monoisotopic (exact) mass is 289 g/mol. The van der Waals surface area contributed by atoms with Crippen LogP contribution in [0.3, 0.4) is 0 Å². The standard InChI is InChI=1S/C16H19NO2S/c1-2-13(12-7-4-3-5-8-12)16(19)17-11-14(18)15-9-6-10-20-15/h3-10,13-14,18H,2,11H2,1H3,(H,17,19)/t13-,14-/m1/s1. The van der Waals surface area contributed by atoms with Gasteiger partial charge in [0.1, 0.15) is 6.10 Å². The fraction of sp³-hybridized carbons (Fsp3) is 0.312. The average molecular weight is 289 g/mol. The van der Waals surface area contributed by atoms with Crippen LogP contribution in [0.4, 0.5) is 0 Å². The summed E-state index contributed by atoms with van der Waals surface area (Å²) in [5, 5.41) is 14.7. The Balaban J connectivity index is 1.93. The first-order chi connectivity index (χ1) is 9.72. The van der Waals surface area contributed by atoms with Gasteiger partial charge in [-0.25, -0.2) is 0 Å². The van der Waals surface area contributed by atoms with Gasteiger partial charge in [0.05, 0.1) is 5.92 Å². The van der Waals surface area contributed by atoms with Gasteiger partial charge in [-0.3, -0.25) is 4.79 Å². The maximum atomic E-state index is 12.2. The number of aliphatic hydroxyl groups is 1. The Morgan fingerprint density at radius 1 is 1.25 bits per heavy atom. The second kappa shape index (κ2) is 7.22. The van der Waals surface area contributed by atoms with Crippen LogP contribution in [0.5, 0.6) is 0 Å². The molecule has 2 aromatic rings. The lowest BCUT2D eigenvalue weighted by Gasteiger charge is -2.17. The van der Waals surface area contributed by atoms with E-state index >= 15 is 0 Å². The molecule has 106 valence electrons. The smallest absolute Gasteiger partial charge is 0.227 e. The number of nitrogens with one attached hydrogen (secondary N) is 1. The summed E-state index contributed by atoms with van der Waals surface area (Å²) >= 11 is 1.49. The predicted octanol–water partition coefficient (Wildman–Crippen LogP) is 3.09. The van der Waals surface area contributed by atoms with E-state index in [1.807, 2.05) is 54.8 Å². The van der Waals surface area contributed by atoms with Gasteiger partial charge in [-0.05, 0) is 23.4 Å². The SMILES string of the molecule is CC[C@@H](C(=O)NC[C@@H](O)c1cccs1)c1ccccc1. The van der Waals surface area contributed by atoms with Gasteiger partial charge in [0.2, 0.25) is 5.91 Å². The number of carbonyl (C=O) groups is 1. The molecule has 0 saturated carbocycles. The molecule has 20 heavy (non-hydrogen) atoms. The fourth-order valence-corrected chi connectivity index (χ4v) is 2.87. The van der Waals surface area contributed by atoms with Crippen LogP contribution < -0.4 is 5.32 Å². The summed E-state index contributed by atoms with van der Waals surface area (Å²) in [5.74, 6) is -0.193. The van der Waals surface area contributed by atoms with E-state index in [0.717, 1.165) is 16.9 Å². The zero-order valence-corrected chi connectivity index (χ0v) is 12.3. The van der Waals surface area contributed by atoms with Gasteiger partial charge in [0.15, 0.2) is 0 Å². The maximum absolute atomic E-state index is 12.2. The molecule has 0 spiro atoms. The van der Waals surface area contributed by atoms with Crippen molar-refractivity contribution in [3.63, 3.8) is 0 Å². The van der Waals surface area contributed by atoms with E-state index in [4.69, 9.17) is 0 Å². The second-order valence-electron chi connectivity index (χ2n) is 4.65. The zero-order valence-electron chi connectivity index (χ0n) is 11.5. The Morgan fingerprint density at radius 2 is 2.00 bits per heavy atom. The zero-order chi connectivity index (χ0) is 14.4. The summed E-state index contributed by atoms with van der Waals surface area (Å²) in [6.45, 7) is 2.25. The van der Waals surface area contributed by atoms with Crippen LogP contribution in [0, 0.1) is 0 Å². The highest BCUT2D eigenvalue weighted by molar-refractivity contribution is 7.10. The van der Waals surface area contributed by atoms with E-state index in [1.165, 1.54) is 11.3 Å². The Morgan fingerprint density at radius 3 is 2.60 bits per heavy atom. The molecule has 0 radical (unpaired) electrons. The van der Waals surface area contributed by atoms with Crippen LogP contribution in [0.25, 0.3) is 0 Å². The van der Waals surface area contributed by atoms with E-state index in [9.17, 15) is 9.90 Å². The largest absolute Gasteiger partial charge is 0.386 e. The van der Waals surface area contributed by atoms with E-state index in [-0.39, 0.29) is 18.4 Å². The molecule has 2 N–H and O–H groups in total. The molecule has 1 aromatic carbocycles. The quantitative estimate of drug-likeness (QED) is 0.858. The van der Waals surface area contributed by atoms with Crippen molar-refractivity contribution in [2.45, 2.75) is 25.4 Å². The molecule has 0 fully saturated rings. The van der Waals surface area contributed by atoms with E-state index in [2.05, 4.69) is 5.32 Å². The number of thiophene rings is 1. The number of hydrogen-bond donors (Lipinski definition) is 2. The molecule has 0 aliphatic carbocycles. The lowest BCUT2D eigenvalue weighted by Crippen LogP contribution is -2.32. The highest BCUT2D eigenvalue weighted by Crippen LogP contribution is 2.21. The Labute approximate surface area is 123 Å². The third kappa shape index (κ3) is 3.68. The minimum atomic E-state index is -0.632. The van der Waals surface area contributed by atoms with Gasteiger partial charge < -0.3 is 10.4 Å². The van der Waals surface area contributed by atoms with E-state index in [1.54, 1.807) is 0 Å². The molecule has 4 heteroatoms. The van der Waals surface area contributed by atoms with Gasteiger partial charge in [0.25, 0.3) is 0 Å². The van der Waals surface area contributed by atoms with Crippen molar-refractivity contribution < 1.29 is 9.90 Å². The highest BCUT2D eigenvalue weighted by Gasteiger charge is 2.19. The van der Waals surface area contributed by atoms with Crippen LogP contribution in [0.2, 0.25) is 0 Å². The van der Waals surface area contributed by atoms with Crippen LogP contribution >= 0.6 is 11.3 Å². The second-order valence-corrected chi connectivity index (χ2v) is 5.63. The molecule has 0 saturated heterocycles. The summed E-state index contributed by atoms with van der Waals surface area (Å²) < 4.78 is 0. The van der Waals surface area contributed by atoms with Gasteiger partial charge in [0, 0.05) is 11.4 Å². The summed E-state index contributed by atoms with van der Waals surface area (Å²) in [7, 11) is 0. The Bertz CT molecular complexity index is 525. The van der Waals surface area contributed by atoms with Crippen LogP contribution in [-0.2, 0) is 4.79 Å². The summed E-state index contributed by atoms with van der Waals surface area (Å²) in [5.41, 5.74) is 1.01. The van der Waals surface area contributed by atoms with Crippen molar-refractivity contribution in [2.24, 2.45) is 0 Å². The molecule has 1 aromatic heterocycles. The van der Waals surface area contributed by atoms with Crippen LogP contribution in [0.15, 0.2) is 47.8 Å². The minimum Gasteiger partial charge on any atom is -0.386 e. The maximum Gasteiger partial charge on any atom is 0.227 e. The number of rotatable bonds is 6. The number of benzene rings is 1. The van der Waals surface area contributed by atoms with E-state index < -0.39 is 6.10 Å². The minimum absolute atomic E-state index is 0.0330. The molecule has 0 bridgehead atoms. The normalized spacial score (nSPS) is 13.7. The molecule has 2 rings (SSSR count). The summed E-state index contributed by atoms with van der Waals surface area (Å²) in [6, 6.07) is 13.5.